The fraction of sp³-hybridized carbons (Fsp3) is 0.222. The molecule has 2 aromatic heterocycles. The van der Waals surface area contributed by atoms with E-state index in [0.717, 1.165) is 30.3 Å². The number of fused-ring (bicyclic) bond motifs is 2. The molecule has 0 unspecified atom stereocenters. The van der Waals surface area contributed by atoms with Gasteiger partial charge in [0.2, 0.25) is 11.5 Å². The summed E-state index contributed by atoms with van der Waals surface area (Å²) in [6.45, 7) is -0.312. The number of hydrogen-bond donors (Lipinski definition) is 4. The molecule has 4 aromatic rings. The second-order valence-electron chi connectivity index (χ2n) is 9.68. The molecule has 40 heavy (non-hydrogen) atoms. The predicted molar refractivity (Wildman–Crippen MR) is 132 cm³/mol. The minimum absolute atomic E-state index is 0.0458. The molecular weight excluding hydrogens is 539 g/mol. The molecule has 0 aliphatic carbocycles. The third kappa shape index (κ3) is 4.41. The van der Waals surface area contributed by atoms with Crippen LogP contribution >= 0.6 is 0 Å². The highest BCUT2D eigenvalue weighted by atomic mass is 19.4. The molecule has 5 N–H and O–H groups in total. The Hall–Kier alpha value is -4.52. The van der Waals surface area contributed by atoms with Crippen LogP contribution in [0.25, 0.3) is 22.2 Å². The first kappa shape index (κ1) is 27.1. The molecule has 2 atom stereocenters. The van der Waals surface area contributed by atoms with Gasteiger partial charge in [-0.1, -0.05) is 0 Å². The Labute approximate surface area is 223 Å². The van der Waals surface area contributed by atoms with Crippen molar-refractivity contribution in [3.63, 3.8) is 0 Å². The standard InChI is InChI=1S/C27H21F5N4O4/c1-25(24(33)38)12-40-22-17(25)10-20(36-21(22)13-2-5-15(28)6-3-13)26(39,27(30,31)32)11-34-23(37)19-8-14-4-7-16(29)9-18(14)35-19/h2-10,35,39H,11-12H2,1H3,(H2,33,38)(H,34,37)/t25-,26-/m0/s1. The van der Waals surface area contributed by atoms with Crippen LogP contribution in [0.1, 0.15) is 28.7 Å². The Bertz CT molecular complexity index is 1650. The lowest BCUT2D eigenvalue weighted by atomic mass is 9.81. The summed E-state index contributed by atoms with van der Waals surface area (Å²) >= 11 is 0. The van der Waals surface area contributed by atoms with Gasteiger partial charge in [-0.15, -0.1) is 0 Å². The Morgan fingerprint density at radius 1 is 1.10 bits per heavy atom. The molecular formula is C27H21F5N4O4. The van der Waals surface area contributed by atoms with Gasteiger partial charge in [0.25, 0.3) is 5.91 Å². The number of aromatic amines is 1. The van der Waals surface area contributed by atoms with Crippen LogP contribution in [0.3, 0.4) is 0 Å². The number of aromatic nitrogens is 2. The largest absolute Gasteiger partial charge is 0.489 e. The van der Waals surface area contributed by atoms with Crippen molar-refractivity contribution in [1.82, 2.24) is 15.3 Å². The van der Waals surface area contributed by atoms with E-state index >= 15 is 0 Å². The number of nitrogens with two attached hydrogens (primary N) is 1. The normalized spacial score (nSPS) is 18.2. The van der Waals surface area contributed by atoms with Crippen molar-refractivity contribution in [2.24, 2.45) is 5.73 Å². The molecule has 0 fully saturated rings. The van der Waals surface area contributed by atoms with Crippen LogP contribution in [0.15, 0.2) is 54.6 Å². The topological polar surface area (TPSA) is 130 Å². The number of carbonyl (C=O) groups excluding carboxylic acids is 2. The monoisotopic (exact) mass is 560 g/mol. The first-order valence-corrected chi connectivity index (χ1v) is 11.8. The molecule has 3 heterocycles. The molecule has 208 valence electrons. The van der Waals surface area contributed by atoms with Gasteiger partial charge in [0, 0.05) is 22.0 Å². The summed E-state index contributed by atoms with van der Waals surface area (Å²) in [5.74, 6) is -3.15. The van der Waals surface area contributed by atoms with Gasteiger partial charge < -0.3 is 25.9 Å². The van der Waals surface area contributed by atoms with Crippen LogP contribution in [-0.4, -0.2) is 46.2 Å². The van der Waals surface area contributed by atoms with E-state index < -0.39 is 52.9 Å². The number of halogens is 5. The van der Waals surface area contributed by atoms with E-state index in [1.54, 1.807) is 0 Å². The van der Waals surface area contributed by atoms with Crippen LogP contribution in [0, 0.1) is 11.6 Å². The van der Waals surface area contributed by atoms with Gasteiger partial charge in [0.1, 0.15) is 40.8 Å². The Kier molecular flexibility index (Phi) is 6.29. The number of nitrogens with zero attached hydrogens (tertiary/aromatic N) is 1. The van der Waals surface area contributed by atoms with Crippen LogP contribution < -0.4 is 15.8 Å². The number of pyridine rings is 1. The van der Waals surface area contributed by atoms with Gasteiger partial charge >= 0.3 is 6.18 Å². The Balaban J connectivity index is 1.58. The van der Waals surface area contributed by atoms with Gasteiger partial charge in [0.05, 0.1) is 12.2 Å². The second kappa shape index (κ2) is 9.30. The minimum atomic E-state index is -5.37. The summed E-state index contributed by atoms with van der Waals surface area (Å²) in [6, 6.07) is 10.4. The molecule has 0 saturated carbocycles. The van der Waals surface area contributed by atoms with E-state index in [1.165, 1.54) is 31.2 Å². The van der Waals surface area contributed by atoms with Crippen molar-refractivity contribution in [2.45, 2.75) is 24.1 Å². The van der Waals surface area contributed by atoms with E-state index in [1.807, 2.05) is 0 Å². The van der Waals surface area contributed by atoms with Gasteiger partial charge in [-0.3, -0.25) is 9.59 Å². The molecule has 1 aliphatic rings. The maximum atomic E-state index is 14.5. The molecule has 13 heteroatoms. The van der Waals surface area contributed by atoms with Crippen molar-refractivity contribution >= 4 is 22.7 Å². The fourth-order valence-electron chi connectivity index (χ4n) is 4.46. The molecule has 0 spiro atoms. The van der Waals surface area contributed by atoms with Gasteiger partial charge in [-0.05, 0) is 61.5 Å². The van der Waals surface area contributed by atoms with Crippen LogP contribution in [0.2, 0.25) is 0 Å². The number of aliphatic hydroxyl groups is 1. The highest BCUT2D eigenvalue weighted by molar-refractivity contribution is 5.98. The summed E-state index contributed by atoms with van der Waals surface area (Å²) < 4.78 is 76.1. The Morgan fingerprint density at radius 3 is 2.42 bits per heavy atom. The number of alkyl halides is 3. The van der Waals surface area contributed by atoms with E-state index in [4.69, 9.17) is 10.5 Å². The average molecular weight is 560 g/mol. The molecule has 8 nitrogen and oxygen atoms in total. The van der Waals surface area contributed by atoms with E-state index in [9.17, 15) is 36.6 Å². The zero-order valence-corrected chi connectivity index (χ0v) is 20.7. The number of hydrogen-bond acceptors (Lipinski definition) is 5. The predicted octanol–water partition coefficient (Wildman–Crippen LogP) is 3.82. The molecule has 2 amide bonds. The summed E-state index contributed by atoms with van der Waals surface area (Å²) in [5, 5.41) is 13.6. The lowest BCUT2D eigenvalue weighted by molar-refractivity contribution is -0.265. The van der Waals surface area contributed by atoms with Crippen LogP contribution in [-0.2, 0) is 15.8 Å². The zero-order valence-electron chi connectivity index (χ0n) is 20.7. The highest BCUT2D eigenvalue weighted by Gasteiger charge is 2.57. The first-order chi connectivity index (χ1) is 18.7. The fourth-order valence-corrected chi connectivity index (χ4v) is 4.46. The van der Waals surface area contributed by atoms with Crippen molar-refractivity contribution in [1.29, 1.82) is 0 Å². The number of nitrogens with one attached hydrogen (secondary N) is 2. The molecule has 1 aliphatic heterocycles. The summed E-state index contributed by atoms with van der Waals surface area (Å²) in [7, 11) is 0. The number of rotatable bonds is 6. The number of primary amides is 1. The van der Waals surface area contributed by atoms with E-state index in [-0.39, 0.29) is 40.4 Å². The molecule has 2 aromatic carbocycles. The SMILES string of the molecule is C[C@]1(C(N)=O)COc2c1cc([C@@](O)(CNC(=O)c1cc3ccc(F)cc3[nH]1)C(F)(F)F)nc2-c1ccc(F)cc1. The second-order valence-corrected chi connectivity index (χ2v) is 9.68. The number of amides is 2. The van der Waals surface area contributed by atoms with E-state index in [2.05, 4.69) is 15.3 Å². The number of H-pyrrole nitrogens is 1. The van der Waals surface area contributed by atoms with Crippen molar-refractivity contribution in [2.75, 3.05) is 13.2 Å². The maximum Gasteiger partial charge on any atom is 0.424 e. The third-order valence-corrected chi connectivity index (χ3v) is 6.96. The Morgan fingerprint density at radius 2 is 1.77 bits per heavy atom. The van der Waals surface area contributed by atoms with Gasteiger partial charge in [0.15, 0.2) is 0 Å². The lowest BCUT2D eigenvalue weighted by Crippen LogP contribution is -2.52. The quantitative estimate of drug-likeness (QED) is 0.267. The third-order valence-electron chi connectivity index (χ3n) is 6.96. The summed E-state index contributed by atoms with van der Waals surface area (Å²) in [4.78, 5) is 31.7. The van der Waals surface area contributed by atoms with Crippen molar-refractivity contribution in [3.8, 4) is 17.0 Å². The average Bonchev–Trinajstić information content (AvgIpc) is 3.48. The maximum absolute atomic E-state index is 14.5. The van der Waals surface area contributed by atoms with Crippen LogP contribution in [0.4, 0.5) is 22.0 Å². The van der Waals surface area contributed by atoms with Crippen molar-refractivity contribution < 1.29 is 41.4 Å². The van der Waals surface area contributed by atoms with Crippen molar-refractivity contribution in [3.05, 3.63) is 83.2 Å². The number of benzene rings is 2. The van der Waals surface area contributed by atoms with Crippen LogP contribution in [0.5, 0.6) is 5.75 Å². The highest BCUT2D eigenvalue weighted by Crippen LogP contribution is 2.47. The molecule has 0 bridgehead atoms. The van der Waals surface area contributed by atoms with Gasteiger partial charge in [-0.25, -0.2) is 13.8 Å². The minimum Gasteiger partial charge on any atom is -0.489 e. The lowest BCUT2D eigenvalue weighted by Gasteiger charge is -2.31. The first-order valence-electron chi connectivity index (χ1n) is 11.8. The van der Waals surface area contributed by atoms with Gasteiger partial charge in [-0.2, -0.15) is 13.2 Å². The number of ether oxygens (including phenoxy) is 1. The smallest absolute Gasteiger partial charge is 0.424 e. The number of carbonyl (C=O) groups is 2. The molecule has 5 rings (SSSR count). The van der Waals surface area contributed by atoms with E-state index in [0.29, 0.717) is 5.39 Å². The zero-order chi connectivity index (χ0) is 29.0. The summed E-state index contributed by atoms with van der Waals surface area (Å²) in [5.41, 5.74) is -0.754. The summed E-state index contributed by atoms with van der Waals surface area (Å²) in [6.07, 6.45) is -5.37. The molecule has 0 saturated heterocycles. The molecule has 0 radical (unpaired) electrons.